The van der Waals surface area contributed by atoms with Gasteiger partial charge in [-0.05, 0) is 56.7 Å². The molecule has 50 heavy (non-hydrogen) atoms. The first-order valence-corrected chi connectivity index (χ1v) is 17.7. The number of nitrogens with one attached hydrogen (secondary N) is 1. The number of anilines is 1. The van der Waals surface area contributed by atoms with Crippen LogP contribution in [0.2, 0.25) is 0 Å². The van der Waals surface area contributed by atoms with E-state index < -0.39 is 0 Å². The first-order chi connectivity index (χ1) is 24.4. The Balaban J connectivity index is 1.20. The summed E-state index contributed by atoms with van der Waals surface area (Å²) in [5, 5.41) is 9.51. The molecule has 2 amide bonds. The van der Waals surface area contributed by atoms with Gasteiger partial charge in [-0.2, -0.15) is 0 Å². The van der Waals surface area contributed by atoms with Crippen LogP contribution in [0.1, 0.15) is 37.6 Å². The van der Waals surface area contributed by atoms with E-state index in [0.29, 0.717) is 101 Å². The maximum atomic E-state index is 14.1. The zero-order valence-corrected chi connectivity index (χ0v) is 29.6. The Morgan fingerprint density at radius 2 is 1.38 bits per heavy atom. The van der Waals surface area contributed by atoms with Gasteiger partial charge in [-0.15, -0.1) is 0 Å². The van der Waals surface area contributed by atoms with Crippen LogP contribution in [0.5, 0.6) is 0 Å². The molecule has 0 atom stereocenters. The molecule has 2 aromatic rings. The third-order valence-electron chi connectivity index (χ3n) is 8.96. The zero-order chi connectivity index (χ0) is 35.3. The first-order valence-electron chi connectivity index (χ1n) is 17.7. The van der Waals surface area contributed by atoms with Gasteiger partial charge in [-0.3, -0.25) is 9.59 Å². The SMILES string of the molecule is CCOCCOCCOCCOCCC(=O)N1CCN(C(=O)c2ccccc2-c2c3ccc(=N)cc-3oc3cc(N(CC)CC)ccc23)CC1. The lowest BCUT2D eigenvalue weighted by atomic mass is 9.90. The fourth-order valence-electron chi connectivity index (χ4n) is 6.29. The van der Waals surface area contributed by atoms with Crippen molar-refractivity contribution in [1.82, 2.24) is 9.80 Å². The van der Waals surface area contributed by atoms with E-state index in [1.165, 1.54) is 0 Å². The summed E-state index contributed by atoms with van der Waals surface area (Å²) in [6.45, 7) is 13.7. The minimum Gasteiger partial charge on any atom is -0.456 e. The third kappa shape index (κ3) is 9.28. The van der Waals surface area contributed by atoms with Crippen LogP contribution in [0.4, 0.5) is 5.69 Å². The third-order valence-corrected chi connectivity index (χ3v) is 8.96. The molecular weight excluding hydrogens is 636 g/mol. The average Bonchev–Trinajstić information content (AvgIpc) is 3.14. The van der Waals surface area contributed by atoms with E-state index in [1.54, 1.807) is 17.0 Å². The van der Waals surface area contributed by atoms with E-state index in [2.05, 4.69) is 30.9 Å². The molecule has 3 aliphatic rings. The number of hydrogen-bond donors (Lipinski definition) is 1. The molecule has 0 unspecified atom stereocenters. The number of amides is 2. The van der Waals surface area contributed by atoms with Crippen molar-refractivity contribution < 1.29 is 33.0 Å². The van der Waals surface area contributed by atoms with Crippen molar-refractivity contribution in [2.75, 3.05) is 97.0 Å². The Hall–Kier alpha value is -4.29. The fourth-order valence-corrected chi connectivity index (χ4v) is 6.29. The van der Waals surface area contributed by atoms with Crippen molar-refractivity contribution in [1.29, 1.82) is 5.41 Å². The molecule has 11 heteroatoms. The van der Waals surface area contributed by atoms with Crippen molar-refractivity contribution in [3.05, 3.63) is 71.6 Å². The van der Waals surface area contributed by atoms with Gasteiger partial charge in [0.25, 0.3) is 5.91 Å². The van der Waals surface area contributed by atoms with Crippen LogP contribution >= 0.6 is 0 Å². The lowest BCUT2D eigenvalue weighted by Gasteiger charge is -2.35. The van der Waals surface area contributed by atoms with E-state index in [9.17, 15) is 9.59 Å². The van der Waals surface area contributed by atoms with Gasteiger partial charge in [0.05, 0.1) is 58.0 Å². The Labute approximate surface area is 294 Å². The van der Waals surface area contributed by atoms with Gasteiger partial charge in [0.2, 0.25) is 5.91 Å². The van der Waals surface area contributed by atoms with Gasteiger partial charge < -0.3 is 43.5 Å². The van der Waals surface area contributed by atoms with Gasteiger partial charge in [0.1, 0.15) is 11.3 Å². The van der Waals surface area contributed by atoms with E-state index >= 15 is 0 Å². The fraction of sp³-hybridized carbons (Fsp3) is 0.462. The van der Waals surface area contributed by atoms with Crippen molar-refractivity contribution in [3.8, 4) is 22.5 Å². The van der Waals surface area contributed by atoms with Gasteiger partial charge in [0, 0.05) is 85.8 Å². The summed E-state index contributed by atoms with van der Waals surface area (Å²) in [5.74, 6) is 0.542. The van der Waals surface area contributed by atoms with Crippen molar-refractivity contribution in [2.24, 2.45) is 0 Å². The highest BCUT2D eigenvalue weighted by molar-refractivity contribution is 6.09. The average molecular weight is 687 g/mol. The summed E-state index contributed by atoms with van der Waals surface area (Å²) in [6, 6.07) is 19.3. The molecule has 5 rings (SSSR count). The number of benzene rings is 3. The van der Waals surface area contributed by atoms with Crippen LogP contribution < -0.4 is 10.3 Å². The van der Waals surface area contributed by atoms with Crippen molar-refractivity contribution in [3.63, 3.8) is 0 Å². The van der Waals surface area contributed by atoms with E-state index in [-0.39, 0.29) is 18.2 Å². The molecular formula is C39H50N4O7. The van der Waals surface area contributed by atoms with Crippen LogP contribution in [0, 0.1) is 5.41 Å². The number of carbonyl (C=O) groups excluding carboxylic acids is 2. The molecule has 2 heterocycles. The molecule has 2 aliphatic heterocycles. The maximum Gasteiger partial charge on any atom is 0.254 e. The molecule has 0 saturated carbocycles. The van der Waals surface area contributed by atoms with Crippen LogP contribution in [-0.4, -0.2) is 114 Å². The predicted octanol–water partition coefficient (Wildman–Crippen LogP) is 5.29. The summed E-state index contributed by atoms with van der Waals surface area (Å²) in [4.78, 5) is 32.9. The molecule has 1 N–H and O–H groups in total. The monoisotopic (exact) mass is 686 g/mol. The smallest absolute Gasteiger partial charge is 0.254 e. The number of nitrogens with zero attached hydrogens (tertiary/aromatic N) is 3. The van der Waals surface area contributed by atoms with Crippen LogP contribution in [0.25, 0.3) is 33.4 Å². The Kier molecular flexibility index (Phi) is 13.8. The standard InChI is InChI=1S/C39H50N4O7/c1-4-41(5-2)30-12-14-34-36(28-30)50-35-27-29(40)11-13-33(35)38(34)31-9-7-8-10-32(31)39(45)43-18-16-42(17-19-43)37(44)15-20-47-23-24-49-26-25-48-22-21-46-6-3/h7-14,27-28,40H,4-6,15-26H2,1-3H3. The summed E-state index contributed by atoms with van der Waals surface area (Å²) in [6.07, 6.45) is 0.284. The Morgan fingerprint density at radius 3 is 2.06 bits per heavy atom. The topological polar surface area (TPSA) is 118 Å². The first kappa shape index (κ1) is 37.0. The highest BCUT2D eigenvalue weighted by atomic mass is 16.6. The predicted molar refractivity (Wildman–Crippen MR) is 194 cm³/mol. The summed E-state index contributed by atoms with van der Waals surface area (Å²) < 4.78 is 28.1. The molecule has 2 aromatic carbocycles. The van der Waals surface area contributed by atoms with E-state index in [4.69, 9.17) is 28.8 Å². The maximum absolute atomic E-state index is 14.1. The molecule has 1 saturated heterocycles. The van der Waals surface area contributed by atoms with Crippen LogP contribution in [0.15, 0.2) is 65.1 Å². The quantitative estimate of drug-likeness (QED) is 0.111. The number of carbonyl (C=O) groups is 2. The number of rotatable bonds is 18. The number of piperazine rings is 1. The van der Waals surface area contributed by atoms with Crippen molar-refractivity contribution in [2.45, 2.75) is 27.2 Å². The molecule has 11 nitrogen and oxygen atoms in total. The lowest BCUT2D eigenvalue weighted by Crippen LogP contribution is -2.50. The van der Waals surface area contributed by atoms with Crippen molar-refractivity contribution >= 4 is 28.5 Å². The molecule has 1 fully saturated rings. The number of hydrogen-bond acceptors (Lipinski definition) is 9. The second kappa shape index (κ2) is 18.6. The Bertz CT molecular complexity index is 1730. The lowest BCUT2D eigenvalue weighted by molar-refractivity contribution is -0.134. The minimum atomic E-state index is -0.0744. The second-order valence-electron chi connectivity index (χ2n) is 12.0. The van der Waals surface area contributed by atoms with E-state index in [0.717, 1.165) is 40.9 Å². The second-order valence-corrected chi connectivity index (χ2v) is 12.0. The molecule has 1 aliphatic carbocycles. The highest BCUT2D eigenvalue weighted by Gasteiger charge is 2.28. The van der Waals surface area contributed by atoms with Gasteiger partial charge in [-0.25, -0.2) is 0 Å². The van der Waals surface area contributed by atoms with Gasteiger partial charge in [0.15, 0.2) is 0 Å². The normalized spacial score (nSPS) is 13.3. The Morgan fingerprint density at radius 1 is 0.740 bits per heavy atom. The summed E-state index contributed by atoms with van der Waals surface area (Å²) in [5.41, 5.74) is 4.91. The zero-order valence-electron chi connectivity index (χ0n) is 29.6. The molecule has 0 bridgehead atoms. The molecule has 268 valence electrons. The summed E-state index contributed by atoms with van der Waals surface area (Å²) >= 11 is 0. The minimum absolute atomic E-state index is 0.0185. The highest BCUT2D eigenvalue weighted by Crippen LogP contribution is 2.42. The number of fused-ring (bicyclic) bond motifs is 2. The van der Waals surface area contributed by atoms with Crippen LogP contribution in [-0.2, 0) is 23.7 Å². The van der Waals surface area contributed by atoms with Gasteiger partial charge >= 0.3 is 0 Å². The molecule has 0 radical (unpaired) electrons. The van der Waals surface area contributed by atoms with Gasteiger partial charge in [-0.1, -0.05) is 18.2 Å². The molecule has 0 aromatic heterocycles. The number of ether oxygens (including phenoxy) is 4. The largest absolute Gasteiger partial charge is 0.456 e. The summed E-state index contributed by atoms with van der Waals surface area (Å²) in [7, 11) is 0. The molecule has 0 spiro atoms. The van der Waals surface area contributed by atoms with Crippen LogP contribution in [0.3, 0.4) is 0 Å². The van der Waals surface area contributed by atoms with E-state index in [1.807, 2.05) is 48.2 Å².